The maximum absolute atomic E-state index is 13.1. The van der Waals surface area contributed by atoms with Crippen molar-refractivity contribution in [3.05, 3.63) is 41.9 Å². The maximum atomic E-state index is 13.1. The fraction of sp³-hybridized carbons (Fsp3) is 0.417. The second-order valence-corrected chi connectivity index (χ2v) is 8.59. The Labute approximate surface area is 197 Å². The topological polar surface area (TPSA) is 153 Å². The van der Waals surface area contributed by atoms with Crippen LogP contribution in [0.2, 0.25) is 0 Å². The summed E-state index contributed by atoms with van der Waals surface area (Å²) in [4.78, 5) is 21.9. The third-order valence-electron chi connectivity index (χ3n) is 6.17. The quantitative estimate of drug-likeness (QED) is 0.488. The largest absolute Gasteiger partial charge is 0.396 e. The van der Waals surface area contributed by atoms with Gasteiger partial charge in [0.25, 0.3) is 5.91 Å². The van der Waals surface area contributed by atoms with Crippen molar-refractivity contribution in [3.63, 3.8) is 0 Å². The number of pyridine rings is 2. The van der Waals surface area contributed by atoms with Crippen molar-refractivity contribution in [2.24, 2.45) is 5.92 Å². The van der Waals surface area contributed by atoms with Crippen LogP contribution in [-0.2, 0) is 0 Å². The fourth-order valence-electron chi connectivity index (χ4n) is 4.32. The molecule has 0 radical (unpaired) electrons. The highest BCUT2D eigenvalue weighted by Crippen LogP contribution is 2.27. The molecule has 1 atom stereocenters. The predicted molar refractivity (Wildman–Crippen MR) is 125 cm³/mol. The molecule has 0 saturated heterocycles. The molecule has 174 valence electrons. The average molecular weight is 459 g/mol. The molecule has 3 aromatic rings. The van der Waals surface area contributed by atoms with Crippen molar-refractivity contribution in [1.82, 2.24) is 25.1 Å². The molecule has 4 rings (SSSR count). The predicted octanol–water partition coefficient (Wildman–Crippen LogP) is 2.68. The number of aromatic nitrogens is 4. The summed E-state index contributed by atoms with van der Waals surface area (Å²) in [5.41, 5.74) is 1.78. The molecule has 1 aliphatic rings. The zero-order valence-electron chi connectivity index (χ0n) is 18.9. The number of anilines is 1. The molecule has 10 nitrogen and oxygen atoms in total. The molecule has 34 heavy (non-hydrogen) atoms. The third-order valence-corrected chi connectivity index (χ3v) is 6.17. The lowest BCUT2D eigenvalue weighted by molar-refractivity contribution is 0.0919. The molecule has 3 N–H and O–H groups in total. The zero-order valence-corrected chi connectivity index (χ0v) is 18.9. The molecule has 1 aliphatic carbocycles. The van der Waals surface area contributed by atoms with Gasteiger partial charge in [-0.3, -0.25) is 4.79 Å². The summed E-state index contributed by atoms with van der Waals surface area (Å²) in [6, 6.07) is 7.09. The number of nitrogens with zero attached hydrogens (tertiary/aromatic N) is 6. The number of carbonyl (C=O) groups excluding carboxylic acids is 1. The van der Waals surface area contributed by atoms with Gasteiger partial charge in [0, 0.05) is 36.5 Å². The summed E-state index contributed by atoms with van der Waals surface area (Å²) in [7, 11) is 0. The standard InChI is InChI=1S/C24H26N8O2/c1-15(10-25)30-21-9-22(32-23-18(13-29-32)8-17(11-26)12-28-23)27-14-20(21)24(34)31-19-4-2-16(3-5-19)6-7-33/h8-9,12-16,19,33H,2-7H2,1H3,(H,27,30)(H,31,34)/t15-,16?,19?/m1/s1. The number of nitrogens with one attached hydrogen (secondary N) is 2. The van der Waals surface area contributed by atoms with E-state index in [4.69, 9.17) is 10.4 Å². The summed E-state index contributed by atoms with van der Waals surface area (Å²) in [6.45, 7) is 1.91. The van der Waals surface area contributed by atoms with E-state index in [1.54, 1.807) is 25.3 Å². The first-order chi connectivity index (χ1) is 16.5. The second-order valence-electron chi connectivity index (χ2n) is 8.59. The van der Waals surface area contributed by atoms with E-state index >= 15 is 0 Å². The van der Waals surface area contributed by atoms with Gasteiger partial charge >= 0.3 is 0 Å². The van der Waals surface area contributed by atoms with E-state index in [1.165, 1.54) is 17.1 Å². The van der Waals surface area contributed by atoms with Crippen LogP contribution in [0.25, 0.3) is 16.9 Å². The summed E-state index contributed by atoms with van der Waals surface area (Å²) in [5, 5.41) is 38.7. The lowest BCUT2D eigenvalue weighted by Gasteiger charge is -2.29. The Morgan fingerprint density at radius 1 is 1.21 bits per heavy atom. The van der Waals surface area contributed by atoms with E-state index in [1.807, 2.05) is 0 Å². The molecular weight excluding hydrogens is 432 g/mol. The van der Waals surface area contributed by atoms with Gasteiger partial charge in [-0.05, 0) is 51.0 Å². The Kier molecular flexibility index (Phi) is 7.00. The van der Waals surface area contributed by atoms with E-state index in [2.05, 4.69) is 37.8 Å². The van der Waals surface area contributed by atoms with Crippen LogP contribution in [0.15, 0.2) is 30.7 Å². The van der Waals surface area contributed by atoms with Gasteiger partial charge in [-0.2, -0.15) is 20.3 Å². The number of carbonyl (C=O) groups is 1. The summed E-state index contributed by atoms with van der Waals surface area (Å²) >= 11 is 0. The number of aliphatic hydroxyl groups excluding tert-OH is 1. The molecule has 1 fully saturated rings. The molecule has 10 heteroatoms. The summed E-state index contributed by atoms with van der Waals surface area (Å²) < 4.78 is 1.53. The third kappa shape index (κ3) is 4.98. The highest BCUT2D eigenvalue weighted by atomic mass is 16.3. The first kappa shape index (κ1) is 23.1. The van der Waals surface area contributed by atoms with E-state index in [0.29, 0.717) is 39.6 Å². The highest BCUT2D eigenvalue weighted by molar-refractivity contribution is 6.00. The highest BCUT2D eigenvalue weighted by Gasteiger charge is 2.24. The lowest BCUT2D eigenvalue weighted by atomic mass is 9.84. The fourth-order valence-corrected chi connectivity index (χ4v) is 4.32. The minimum Gasteiger partial charge on any atom is -0.396 e. The van der Waals surface area contributed by atoms with Crippen molar-refractivity contribution in [2.45, 2.75) is 51.1 Å². The Morgan fingerprint density at radius 2 is 2.00 bits per heavy atom. The van der Waals surface area contributed by atoms with Gasteiger partial charge in [-0.1, -0.05) is 0 Å². The zero-order chi connectivity index (χ0) is 24.1. The smallest absolute Gasteiger partial charge is 0.255 e. The van der Waals surface area contributed by atoms with E-state index in [0.717, 1.165) is 32.1 Å². The number of hydrogen-bond donors (Lipinski definition) is 3. The van der Waals surface area contributed by atoms with Crippen LogP contribution in [0.3, 0.4) is 0 Å². The SMILES string of the molecule is C[C@H](C#N)Nc1cc(-n2ncc3cc(C#N)cnc32)ncc1C(=O)NC1CCC(CCO)CC1. The first-order valence-electron chi connectivity index (χ1n) is 11.3. The molecule has 0 aliphatic heterocycles. The van der Waals surface area contributed by atoms with Gasteiger partial charge < -0.3 is 15.7 Å². The van der Waals surface area contributed by atoms with Crippen LogP contribution >= 0.6 is 0 Å². The number of aliphatic hydroxyl groups is 1. The van der Waals surface area contributed by atoms with E-state index < -0.39 is 6.04 Å². The van der Waals surface area contributed by atoms with E-state index in [9.17, 15) is 10.1 Å². The van der Waals surface area contributed by atoms with Gasteiger partial charge in [-0.15, -0.1) is 0 Å². The number of rotatable bonds is 7. The Hall–Kier alpha value is -4.02. The second kappa shape index (κ2) is 10.3. The number of hydrogen-bond acceptors (Lipinski definition) is 8. The van der Waals surface area contributed by atoms with E-state index in [-0.39, 0.29) is 18.6 Å². The van der Waals surface area contributed by atoms with Crippen LogP contribution in [0.5, 0.6) is 0 Å². The van der Waals surface area contributed by atoms with Crippen molar-refractivity contribution < 1.29 is 9.90 Å². The molecule has 0 spiro atoms. The van der Waals surface area contributed by atoms with Crippen molar-refractivity contribution >= 4 is 22.6 Å². The lowest BCUT2D eigenvalue weighted by Crippen LogP contribution is -2.38. The first-order valence-corrected chi connectivity index (χ1v) is 11.3. The molecule has 1 saturated carbocycles. The van der Waals surface area contributed by atoms with Gasteiger partial charge in [0.15, 0.2) is 11.5 Å². The molecule has 0 aromatic carbocycles. The molecule has 3 aromatic heterocycles. The van der Waals surface area contributed by atoms with Gasteiger partial charge in [0.05, 0.1) is 29.1 Å². The van der Waals surface area contributed by atoms with Crippen molar-refractivity contribution in [3.8, 4) is 18.0 Å². The van der Waals surface area contributed by atoms with Crippen LogP contribution in [-0.4, -0.2) is 49.5 Å². The van der Waals surface area contributed by atoms with Gasteiger partial charge in [0.2, 0.25) is 0 Å². The van der Waals surface area contributed by atoms with Crippen LogP contribution < -0.4 is 10.6 Å². The number of fused-ring (bicyclic) bond motifs is 1. The van der Waals surface area contributed by atoms with Gasteiger partial charge in [-0.25, -0.2) is 9.97 Å². The van der Waals surface area contributed by atoms with Crippen molar-refractivity contribution in [1.29, 1.82) is 10.5 Å². The molecule has 1 amide bonds. The Morgan fingerprint density at radius 3 is 2.71 bits per heavy atom. The minimum absolute atomic E-state index is 0.0666. The molecule has 3 heterocycles. The number of amides is 1. The molecular formula is C24H26N8O2. The summed E-state index contributed by atoms with van der Waals surface area (Å²) in [6.07, 6.45) is 9.05. The maximum Gasteiger partial charge on any atom is 0.255 e. The Bertz CT molecular complexity index is 1260. The van der Waals surface area contributed by atoms with Crippen LogP contribution in [0.1, 0.15) is 54.9 Å². The van der Waals surface area contributed by atoms with Crippen LogP contribution in [0.4, 0.5) is 5.69 Å². The molecule has 0 unspecified atom stereocenters. The monoisotopic (exact) mass is 458 g/mol. The summed E-state index contributed by atoms with van der Waals surface area (Å²) in [5.74, 6) is 0.690. The molecule has 0 bridgehead atoms. The minimum atomic E-state index is -0.526. The van der Waals surface area contributed by atoms with Gasteiger partial charge in [0.1, 0.15) is 12.1 Å². The average Bonchev–Trinajstić information content (AvgIpc) is 3.28. The number of nitriles is 2. The van der Waals surface area contributed by atoms with Crippen molar-refractivity contribution in [2.75, 3.05) is 11.9 Å². The normalized spacial score (nSPS) is 18.6. The van der Waals surface area contributed by atoms with Crippen LogP contribution in [0, 0.1) is 28.6 Å². The Balaban J connectivity index is 1.59.